The van der Waals surface area contributed by atoms with E-state index in [0.29, 0.717) is 24.5 Å². The summed E-state index contributed by atoms with van der Waals surface area (Å²) in [6.07, 6.45) is 0.363. The van der Waals surface area contributed by atoms with Crippen molar-refractivity contribution in [3.8, 4) is 0 Å². The minimum absolute atomic E-state index is 0.0490. The normalized spacial score (nSPS) is 19.8. The third-order valence-corrected chi connectivity index (χ3v) is 3.35. The molecule has 1 aromatic rings. The molecule has 0 aliphatic carbocycles. The molecule has 1 aliphatic rings. The van der Waals surface area contributed by atoms with Crippen molar-refractivity contribution in [1.29, 1.82) is 0 Å². The maximum atomic E-state index is 11.7. The van der Waals surface area contributed by atoms with E-state index in [2.05, 4.69) is 4.74 Å². The molecule has 1 aliphatic heterocycles. The Balaban J connectivity index is 2.14. The monoisotopic (exact) mass is 267 g/mol. The van der Waals surface area contributed by atoms with Gasteiger partial charge in [-0.15, -0.1) is 0 Å². The van der Waals surface area contributed by atoms with Gasteiger partial charge in [-0.25, -0.2) is 0 Å². The number of methoxy groups -OCH3 is 1. The van der Waals surface area contributed by atoms with Crippen molar-refractivity contribution < 1.29 is 14.3 Å². The van der Waals surface area contributed by atoms with E-state index in [-0.39, 0.29) is 5.78 Å². The predicted octanol–water partition coefficient (Wildman–Crippen LogP) is 1.91. The number of halogens is 1. The number of piperidine rings is 1. The van der Waals surface area contributed by atoms with Crippen molar-refractivity contribution >= 4 is 29.0 Å². The summed E-state index contributed by atoms with van der Waals surface area (Å²) < 4.78 is 4.66. The molecular formula is C13H14ClNO3. The molecule has 0 N–H and O–H groups in total. The second kappa shape index (κ2) is 5.40. The summed E-state index contributed by atoms with van der Waals surface area (Å²) in [4.78, 5) is 25.2. The number of carbonyl (C=O) groups excluding carboxylic acids is 2. The van der Waals surface area contributed by atoms with E-state index < -0.39 is 11.9 Å². The minimum atomic E-state index is -0.681. The standard InChI is InChI=1S/C13H14ClNO3/c1-18-13(17)11-8-15(7-6-12(11)16)10-4-2-9(14)3-5-10/h2-5,11H,6-8H2,1H3. The van der Waals surface area contributed by atoms with Crippen LogP contribution in [0.1, 0.15) is 6.42 Å². The van der Waals surface area contributed by atoms with Crippen molar-refractivity contribution in [2.75, 3.05) is 25.1 Å². The zero-order valence-corrected chi connectivity index (χ0v) is 10.8. The second-order valence-corrected chi connectivity index (χ2v) is 4.65. The third kappa shape index (κ3) is 2.64. The molecule has 1 atom stereocenters. The maximum absolute atomic E-state index is 11.7. The van der Waals surface area contributed by atoms with E-state index in [1.807, 2.05) is 17.0 Å². The zero-order chi connectivity index (χ0) is 13.1. The first-order valence-electron chi connectivity index (χ1n) is 5.73. The topological polar surface area (TPSA) is 46.6 Å². The highest BCUT2D eigenvalue weighted by Gasteiger charge is 2.33. The molecule has 1 heterocycles. The number of carbonyl (C=O) groups is 2. The van der Waals surface area contributed by atoms with E-state index in [0.717, 1.165) is 5.69 Å². The highest BCUT2D eigenvalue weighted by Crippen LogP contribution is 2.23. The Morgan fingerprint density at radius 1 is 1.39 bits per heavy atom. The molecule has 0 aromatic heterocycles. The Kier molecular flexibility index (Phi) is 3.87. The van der Waals surface area contributed by atoms with Crippen LogP contribution in [0.4, 0.5) is 5.69 Å². The van der Waals surface area contributed by atoms with Crippen LogP contribution in [0.15, 0.2) is 24.3 Å². The molecule has 96 valence electrons. The number of rotatable bonds is 2. The quantitative estimate of drug-likeness (QED) is 0.607. The molecule has 0 radical (unpaired) electrons. The lowest BCUT2D eigenvalue weighted by molar-refractivity contribution is -0.149. The Labute approximate surface area is 110 Å². The molecular weight excluding hydrogens is 254 g/mol. The molecule has 4 nitrogen and oxygen atoms in total. The molecule has 1 saturated heterocycles. The summed E-state index contributed by atoms with van der Waals surface area (Å²) in [5, 5.41) is 0.663. The lowest BCUT2D eigenvalue weighted by atomic mass is 9.96. The molecule has 18 heavy (non-hydrogen) atoms. The van der Waals surface area contributed by atoms with Crippen LogP contribution in [0.5, 0.6) is 0 Å². The number of nitrogens with zero attached hydrogens (tertiary/aromatic N) is 1. The molecule has 1 unspecified atom stereocenters. The first-order valence-corrected chi connectivity index (χ1v) is 6.10. The highest BCUT2D eigenvalue weighted by molar-refractivity contribution is 6.30. The van der Waals surface area contributed by atoms with Crippen LogP contribution in [-0.2, 0) is 14.3 Å². The Bertz CT molecular complexity index is 450. The maximum Gasteiger partial charge on any atom is 0.318 e. The third-order valence-electron chi connectivity index (χ3n) is 3.10. The average molecular weight is 268 g/mol. The summed E-state index contributed by atoms with van der Waals surface area (Å²) in [5.74, 6) is -1.19. The highest BCUT2D eigenvalue weighted by atomic mass is 35.5. The number of ketones is 1. The predicted molar refractivity (Wildman–Crippen MR) is 68.8 cm³/mol. The van der Waals surface area contributed by atoms with Gasteiger partial charge >= 0.3 is 5.97 Å². The fraction of sp³-hybridized carbons (Fsp3) is 0.385. The number of benzene rings is 1. The fourth-order valence-corrected chi connectivity index (χ4v) is 2.19. The molecule has 0 saturated carbocycles. The van der Waals surface area contributed by atoms with Crippen LogP contribution in [0.25, 0.3) is 0 Å². The number of Topliss-reactive ketones (excluding diaryl/α,β-unsaturated/α-hetero) is 1. The molecule has 2 rings (SSSR count). The van der Waals surface area contributed by atoms with Crippen molar-refractivity contribution in [2.45, 2.75) is 6.42 Å². The van der Waals surface area contributed by atoms with Gasteiger partial charge in [-0.3, -0.25) is 9.59 Å². The van der Waals surface area contributed by atoms with Crippen LogP contribution >= 0.6 is 11.6 Å². The van der Waals surface area contributed by atoms with Crippen LogP contribution in [0.3, 0.4) is 0 Å². The Morgan fingerprint density at radius 2 is 2.06 bits per heavy atom. The van der Waals surface area contributed by atoms with Gasteiger partial charge in [-0.05, 0) is 24.3 Å². The van der Waals surface area contributed by atoms with E-state index in [1.165, 1.54) is 7.11 Å². The lowest BCUT2D eigenvalue weighted by Crippen LogP contribution is -2.44. The van der Waals surface area contributed by atoms with Gasteiger partial charge in [-0.1, -0.05) is 11.6 Å². The van der Waals surface area contributed by atoms with Gasteiger partial charge in [0.15, 0.2) is 5.78 Å². The van der Waals surface area contributed by atoms with E-state index in [9.17, 15) is 9.59 Å². The zero-order valence-electron chi connectivity index (χ0n) is 10.1. The van der Waals surface area contributed by atoms with Gasteiger partial charge < -0.3 is 9.64 Å². The number of anilines is 1. The van der Waals surface area contributed by atoms with Crippen molar-refractivity contribution in [3.63, 3.8) is 0 Å². The smallest absolute Gasteiger partial charge is 0.318 e. The summed E-state index contributed by atoms with van der Waals surface area (Å²) in [6, 6.07) is 7.35. The SMILES string of the molecule is COC(=O)C1CN(c2ccc(Cl)cc2)CCC1=O. The first-order chi connectivity index (χ1) is 8.61. The van der Waals surface area contributed by atoms with Gasteiger partial charge in [0, 0.05) is 30.2 Å². The summed E-state index contributed by atoms with van der Waals surface area (Å²) >= 11 is 5.83. The van der Waals surface area contributed by atoms with Gasteiger partial charge in [0.25, 0.3) is 0 Å². The van der Waals surface area contributed by atoms with Crippen molar-refractivity contribution in [3.05, 3.63) is 29.3 Å². The summed E-state index contributed by atoms with van der Waals surface area (Å²) in [5.41, 5.74) is 0.959. The van der Waals surface area contributed by atoms with E-state index in [1.54, 1.807) is 12.1 Å². The number of hydrogen-bond acceptors (Lipinski definition) is 4. The average Bonchev–Trinajstić information content (AvgIpc) is 2.39. The number of ether oxygens (including phenoxy) is 1. The lowest BCUT2D eigenvalue weighted by Gasteiger charge is -2.32. The Morgan fingerprint density at radius 3 is 2.67 bits per heavy atom. The molecule has 5 heteroatoms. The van der Waals surface area contributed by atoms with E-state index in [4.69, 9.17) is 11.6 Å². The van der Waals surface area contributed by atoms with E-state index >= 15 is 0 Å². The number of esters is 1. The van der Waals surface area contributed by atoms with Gasteiger partial charge in [0.1, 0.15) is 5.92 Å². The number of hydrogen-bond donors (Lipinski definition) is 0. The van der Waals surface area contributed by atoms with Crippen LogP contribution < -0.4 is 4.90 Å². The minimum Gasteiger partial charge on any atom is -0.468 e. The fourth-order valence-electron chi connectivity index (χ4n) is 2.07. The van der Waals surface area contributed by atoms with Crippen LogP contribution in [0.2, 0.25) is 5.02 Å². The molecule has 0 bridgehead atoms. The summed E-state index contributed by atoms with van der Waals surface area (Å²) in [6.45, 7) is 0.987. The van der Waals surface area contributed by atoms with Crippen LogP contribution in [-0.4, -0.2) is 32.0 Å². The molecule has 0 amide bonds. The first kappa shape index (κ1) is 12.9. The molecule has 0 spiro atoms. The van der Waals surface area contributed by atoms with Gasteiger partial charge in [-0.2, -0.15) is 0 Å². The van der Waals surface area contributed by atoms with Crippen molar-refractivity contribution in [2.24, 2.45) is 5.92 Å². The van der Waals surface area contributed by atoms with Gasteiger partial charge in [0.05, 0.1) is 7.11 Å². The largest absolute Gasteiger partial charge is 0.468 e. The second-order valence-electron chi connectivity index (χ2n) is 4.21. The Hall–Kier alpha value is -1.55. The van der Waals surface area contributed by atoms with Crippen LogP contribution in [0, 0.1) is 5.92 Å². The summed E-state index contributed by atoms with van der Waals surface area (Å²) in [7, 11) is 1.30. The molecule has 1 fully saturated rings. The molecule has 1 aromatic carbocycles. The van der Waals surface area contributed by atoms with Crippen molar-refractivity contribution in [1.82, 2.24) is 0 Å². The van der Waals surface area contributed by atoms with Gasteiger partial charge in [0.2, 0.25) is 0 Å².